The van der Waals surface area contributed by atoms with Crippen LogP contribution in [0.1, 0.15) is 5.56 Å². The summed E-state index contributed by atoms with van der Waals surface area (Å²) in [5, 5.41) is 0. The third-order valence-electron chi connectivity index (χ3n) is 3.87. The molecule has 2 heterocycles. The van der Waals surface area contributed by atoms with Gasteiger partial charge in [-0.25, -0.2) is 13.0 Å². The number of ether oxygens (including phenoxy) is 1. The zero-order chi connectivity index (χ0) is 16.8. The Hall–Kier alpha value is -1.54. The maximum Gasteiger partial charge on any atom is 0.249 e. The Kier molecular flexibility index (Phi) is 7.31. The van der Waals surface area contributed by atoms with Crippen LogP contribution in [-0.2, 0) is 21.3 Å². The minimum absolute atomic E-state index is 0. The summed E-state index contributed by atoms with van der Waals surface area (Å²) in [7, 11) is -3.45. The predicted molar refractivity (Wildman–Crippen MR) is 91.7 cm³/mol. The van der Waals surface area contributed by atoms with Gasteiger partial charge in [-0.15, -0.1) is 0 Å². The highest BCUT2D eigenvalue weighted by Crippen LogP contribution is 2.15. The number of rotatable bonds is 5. The van der Waals surface area contributed by atoms with E-state index in [0.717, 1.165) is 5.56 Å². The largest absolute Gasteiger partial charge is 1.00 e. The number of nitrogens with zero attached hydrogens (tertiary/aromatic N) is 2. The van der Waals surface area contributed by atoms with Gasteiger partial charge in [0.15, 0.2) is 18.9 Å². The van der Waals surface area contributed by atoms with Gasteiger partial charge in [0.1, 0.15) is 4.90 Å². The lowest BCUT2D eigenvalue weighted by Gasteiger charge is -2.25. The highest BCUT2D eigenvalue weighted by atomic mass is 79.9. The van der Waals surface area contributed by atoms with E-state index in [1.54, 1.807) is 18.3 Å². The van der Waals surface area contributed by atoms with Crippen molar-refractivity contribution in [2.75, 3.05) is 26.3 Å². The molecule has 0 amide bonds. The fourth-order valence-corrected chi connectivity index (χ4v) is 4.02. The third kappa shape index (κ3) is 5.22. The summed E-state index contributed by atoms with van der Waals surface area (Å²) in [5.74, 6) is 0. The molecule has 1 aromatic heterocycles. The van der Waals surface area contributed by atoms with Crippen LogP contribution in [0, 0.1) is 0 Å². The number of sulfonamides is 1. The summed E-state index contributed by atoms with van der Waals surface area (Å²) in [6.07, 6.45) is 7.59. The van der Waals surface area contributed by atoms with E-state index >= 15 is 0 Å². The standard InChI is InChI=1S/C18H21N2O3S.BrH/c21-24(22,20-12-14-23-15-13-20)18-9-5-11-19(16-18)10-4-8-17-6-2-1-3-7-17;/h1-9,11,16H,10,12-15H2;1H/q+1;/p-1/b8-4+;. The van der Waals surface area contributed by atoms with Crippen LogP contribution in [0.25, 0.3) is 6.08 Å². The van der Waals surface area contributed by atoms with Gasteiger partial charge in [0.2, 0.25) is 10.0 Å². The molecule has 1 aromatic carbocycles. The van der Waals surface area contributed by atoms with Crippen LogP contribution in [-0.4, -0.2) is 39.0 Å². The number of hydrogen-bond donors (Lipinski definition) is 0. The number of benzene rings is 1. The van der Waals surface area contributed by atoms with Crippen molar-refractivity contribution in [2.45, 2.75) is 11.4 Å². The number of pyridine rings is 1. The molecule has 0 saturated carbocycles. The van der Waals surface area contributed by atoms with Gasteiger partial charge in [-0.2, -0.15) is 4.31 Å². The second-order valence-corrected chi connectivity index (χ2v) is 7.50. The van der Waals surface area contributed by atoms with Crippen molar-refractivity contribution >= 4 is 16.1 Å². The van der Waals surface area contributed by atoms with E-state index in [1.165, 1.54) is 4.31 Å². The minimum Gasteiger partial charge on any atom is -1.00 e. The van der Waals surface area contributed by atoms with Crippen LogP contribution in [0.3, 0.4) is 0 Å². The lowest BCUT2D eigenvalue weighted by atomic mass is 10.2. The van der Waals surface area contributed by atoms with Gasteiger partial charge in [-0.1, -0.05) is 36.4 Å². The van der Waals surface area contributed by atoms with Gasteiger partial charge in [0.25, 0.3) is 0 Å². The fourth-order valence-electron chi connectivity index (χ4n) is 2.57. The van der Waals surface area contributed by atoms with Gasteiger partial charge in [-0.05, 0) is 17.7 Å². The molecule has 0 atom stereocenters. The Labute approximate surface area is 159 Å². The van der Waals surface area contributed by atoms with E-state index in [0.29, 0.717) is 37.7 Å². The monoisotopic (exact) mass is 424 g/mol. The van der Waals surface area contributed by atoms with E-state index in [4.69, 9.17) is 4.74 Å². The summed E-state index contributed by atoms with van der Waals surface area (Å²) in [6, 6.07) is 13.4. The Morgan fingerprint density at radius 2 is 1.80 bits per heavy atom. The summed E-state index contributed by atoms with van der Waals surface area (Å²) in [5.41, 5.74) is 1.12. The molecular weight excluding hydrogens is 404 g/mol. The molecule has 0 aliphatic carbocycles. The number of morpholine rings is 1. The highest BCUT2D eigenvalue weighted by Gasteiger charge is 2.28. The average Bonchev–Trinajstić information content (AvgIpc) is 2.64. The van der Waals surface area contributed by atoms with Crippen molar-refractivity contribution in [3.63, 3.8) is 0 Å². The lowest BCUT2D eigenvalue weighted by Crippen LogP contribution is -3.00. The molecule has 2 aromatic rings. The molecule has 3 rings (SSSR count). The summed E-state index contributed by atoms with van der Waals surface area (Å²) in [4.78, 5) is 0.319. The molecule has 1 fully saturated rings. The maximum atomic E-state index is 12.7. The first kappa shape index (κ1) is 19.8. The highest BCUT2D eigenvalue weighted by molar-refractivity contribution is 7.89. The first-order valence-electron chi connectivity index (χ1n) is 7.95. The molecule has 7 heteroatoms. The summed E-state index contributed by atoms with van der Waals surface area (Å²) < 4.78 is 33.9. The molecule has 1 saturated heterocycles. The van der Waals surface area contributed by atoms with Crippen LogP contribution >= 0.6 is 0 Å². The number of aromatic nitrogens is 1. The first-order chi connectivity index (χ1) is 11.7. The molecule has 0 spiro atoms. The zero-order valence-corrected chi connectivity index (χ0v) is 16.2. The minimum atomic E-state index is -3.45. The van der Waals surface area contributed by atoms with Crippen molar-refractivity contribution in [3.8, 4) is 0 Å². The van der Waals surface area contributed by atoms with Gasteiger partial charge in [0.05, 0.1) is 13.2 Å². The third-order valence-corrected chi connectivity index (χ3v) is 5.75. The quantitative estimate of drug-likeness (QED) is 0.561. The van der Waals surface area contributed by atoms with E-state index in [-0.39, 0.29) is 17.0 Å². The normalized spacial score (nSPS) is 15.8. The maximum absolute atomic E-state index is 12.7. The van der Waals surface area contributed by atoms with Crippen LogP contribution in [0.15, 0.2) is 65.8 Å². The van der Waals surface area contributed by atoms with Crippen LogP contribution in [0.2, 0.25) is 0 Å². The van der Waals surface area contributed by atoms with E-state index in [2.05, 4.69) is 0 Å². The molecule has 25 heavy (non-hydrogen) atoms. The molecule has 0 unspecified atom stereocenters. The van der Waals surface area contributed by atoms with Gasteiger partial charge >= 0.3 is 0 Å². The average molecular weight is 425 g/mol. The van der Waals surface area contributed by atoms with Crippen molar-refractivity contribution < 1.29 is 34.7 Å². The fraction of sp³-hybridized carbons (Fsp3) is 0.278. The molecule has 134 valence electrons. The molecule has 1 aliphatic heterocycles. The first-order valence-corrected chi connectivity index (χ1v) is 9.39. The van der Waals surface area contributed by atoms with E-state index in [1.807, 2.05) is 53.2 Å². The second kappa shape index (κ2) is 9.24. The van der Waals surface area contributed by atoms with Gasteiger partial charge < -0.3 is 21.7 Å². The van der Waals surface area contributed by atoms with Gasteiger partial charge in [-0.3, -0.25) is 0 Å². The lowest BCUT2D eigenvalue weighted by molar-refractivity contribution is -0.688. The SMILES string of the molecule is O=S(=O)(c1ccc[n+](C/C=C/c2ccccc2)c1)N1CCOCC1.[Br-]. The molecule has 1 aliphatic rings. The van der Waals surface area contributed by atoms with Crippen molar-refractivity contribution in [1.29, 1.82) is 0 Å². The number of hydrogen-bond acceptors (Lipinski definition) is 3. The molecule has 0 bridgehead atoms. The van der Waals surface area contributed by atoms with Crippen LogP contribution in [0.4, 0.5) is 0 Å². The number of halogens is 1. The molecule has 0 N–H and O–H groups in total. The van der Waals surface area contributed by atoms with Crippen molar-refractivity contribution in [2.24, 2.45) is 0 Å². The van der Waals surface area contributed by atoms with E-state index in [9.17, 15) is 8.42 Å². The Morgan fingerprint density at radius 3 is 2.52 bits per heavy atom. The smallest absolute Gasteiger partial charge is 0.249 e. The van der Waals surface area contributed by atoms with Crippen molar-refractivity contribution in [1.82, 2.24) is 4.31 Å². The molecular formula is C18H21BrN2O3S. The molecule has 0 radical (unpaired) electrons. The van der Waals surface area contributed by atoms with Crippen molar-refractivity contribution in [3.05, 3.63) is 66.5 Å². The summed E-state index contributed by atoms with van der Waals surface area (Å²) >= 11 is 0. The van der Waals surface area contributed by atoms with Crippen LogP contribution in [0.5, 0.6) is 0 Å². The molecule has 5 nitrogen and oxygen atoms in total. The van der Waals surface area contributed by atoms with Gasteiger partial charge in [0, 0.05) is 19.2 Å². The Bertz CT molecular complexity index is 804. The zero-order valence-electron chi connectivity index (χ0n) is 13.8. The summed E-state index contributed by atoms with van der Waals surface area (Å²) in [6.45, 7) is 2.33. The topological polar surface area (TPSA) is 50.5 Å². The predicted octanol–water partition coefficient (Wildman–Crippen LogP) is -1.29. The second-order valence-electron chi connectivity index (χ2n) is 5.57. The Morgan fingerprint density at radius 1 is 1.08 bits per heavy atom. The van der Waals surface area contributed by atoms with Crippen LogP contribution < -0.4 is 21.5 Å². The number of allylic oxidation sites excluding steroid dienone is 1. The van der Waals surface area contributed by atoms with E-state index < -0.39 is 10.0 Å². The Balaban J connectivity index is 0.00000225.